The molecule has 7 fully saturated rings. The van der Waals surface area contributed by atoms with Crippen molar-refractivity contribution < 1.29 is 135 Å². The second-order valence-electron chi connectivity index (χ2n) is 17.1. The number of hydrogen-bond acceptors (Lipinski definition) is 28. The maximum absolute atomic E-state index is 11.0. The number of cyclic esters (lactones) is 9. The van der Waals surface area contributed by atoms with Gasteiger partial charge in [-0.2, -0.15) is 0 Å². The van der Waals surface area contributed by atoms with Gasteiger partial charge >= 0.3 is 42.7 Å². The number of ether oxygens (including phenoxy) is 15. The summed E-state index contributed by atoms with van der Waals surface area (Å²) in [5.41, 5.74) is -2.18. The number of esters is 2. The van der Waals surface area contributed by atoms with Crippen molar-refractivity contribution in [2.24, 2.45) is 10.8 Å². The fourth-order valence-electron chi connectivity index (χ4n) is 6.29. The molecule has 29 heteroatoms. The van der Waals surface area contributed by atoms with Crippen LogP contribution in [0.3, 0.4) is 0 Å². The summed E-state index contributed by atoms with van der Waals surface area (Å²) >= 11 is 0. The molecule has 0 aromatic carbocycles. The summed E-state index contributed by atoms with van der Waals surface area (Å²) in [6.45, 7) is 11.2. The molecule has 73 heavy (non-hydrogen) atoms. The van der Waals surface area contributed by atoms with E-state index in [0.29, 0.717) is 45.0 Å². The third-order valence-corrected chi connectivity index (χ3v) is 11.1. The first kappa shape index (κ1) is 65.3. The summed E-state index contributed by atoms with van der Waals surface area (Å²) in [5.74, 6) is -0.980. The van der Waals surface area contributed by atoms with E-state index in [1.54, 1.807) is 13.8 Å². The number of aliphatic hydroxyl groups excluding tert-OH is 6. The van der Waals surface area contributed by atoms with Crippen LogP contribution in [-0.2, 0) is 80.6 Å². The number of aliphatic hydroxyl groups is 6. The van der Waals surface area contributed by atoms with Crippen LogP contribution in [0.5, 0.6) is 0 Å². The minimum absolute atomic E-state index is 0. The predicted molar refractivity (Wildman–Crippen MR) is 240 cm³/mol. The van der Waals surface area contributed by atoms with Gasteiger partial charge in [0.25, 0.3) is 5.95 Å². The predicted octanol–water partition coefficient (Wildman–Crippen LogP) is 0.476. The van der Waals surface area contributed by atoms with Crippen LogP contribution in [0.1, 0.15) is 67.2 Å². The van der Waals surface area contributed by atoms with Gasteiger partial charge in [0.2, 0.25) is 0 Å². The zero-order valence-corrected chi connectivity index (χ0v) is 41.1. The van der Waals surface area contributed by atoms with Crippen LogP contribution in [0.15, 0.2) is 12.5 Å². The van der Waals surface area contributed by atoms with Crippen molar-refractivity contribution in [1.82, 2.24) is 5.32 Å². The highest BCUT2D eigenvalue weighted by Crippen LogP contribution is 2.31. The fraction of sp³-hybridized carbons (Fsp3) is 0.795. The number of carbonyl (C=O) groups is 7. The van der Waals surface area contributed by atoms with Gasteiger partial charge in [0.15, 0.2) is 24.1 Å². The standard InChI is InChI=1S/C9H14O6.C8H12O6.C8H14O3.C7H11NO6.C6H10O4.C5H8O3.CH4/c1-9(2)12-4-6(15-9)7-5(3-10)13-8(11)14-7;1-12-6(10)2-8(3-9)4-13-7(11)14-5-8;1-3-8(4-9)5-10-7(2)11-6-8;1-12-5(10)8-7(2-9)3-13-6(11)14-4-7;1-2-4(7)5-3-9-6(8)10-5;6-3-4-1-2-5(7)8-4;/h5-7,10H,3-4H2,1-2H3;9H,2-5H2,1H3;9H,2-6H2,1H3;9H,2-4H2,1H3,(H,8,10);4-5,7H,2-3H2,1H3;4,6H,1-3H2;1H4. The van der Waals surface area contributed by atoms with Crippen LogP contribution in [0, 0.1) is 10.8 Å². The first-order valence-electron chi connectivity index (χ1n) is 22.4. The zero-order chi connectivity index (χ0) is 54.1. The Balaban J connectivity index is 0.000000442. The Bertz CT molecular complexity index is 1670. The van der Waals surface area contributed by atoms with Gasteiger partial charge in [0.05, 0.1) is 77.2 Å². The number of methoxy groups -OCH3 is 2. The monoisotopic (exact) mass is 1060 g/mol. The van der Waals surface area contributed by atoms with E-state index >= 15 is 0 Å². The maximum atomic E-state index is 11.0. The van der Waals surface area contributed by atoms with E-state index in [1.807, 2.05) is 13.8 Å². The van der Waals surface area contributed by atoms with Gasteiger partial charge in [-0.25, -0.2) is 24.0 Å². The number of nitrogens with one attached hydrogen (secondary N) is 1. The number of amides is 1. The van der Waals surface area contributed by atoms with E-state index in [-0.39, 0.29) is 96.9 Å². The van der Waals surface area contributed by atoms with Crippen molar-refractivity contribution in [1.29, 1.82) is 0 Å². The van der Waals surface area contributed by atoms with Gasteiger partial charge in [0.1, 0.15) is 64.0 Å². The number of carbonyl (C=O) groups excluding carboxylic acids is 7. The van der Waals surface area contributed by atoms with Crippen molar-refractivity contribution in [2.45, 2.75) is 115 Å². The second-order valence-corrected chi connectivity index (χ2v) is 17.1. The third kappa shape index (κ3) is 22.1. The average Bonchev–Trinajstić information content (AvgIpc) is 4.20. The van der Waals surface area contributed by atoms with Gasteiger partial charge in [-0.1, -0.05) is 21.3 Å². The van der Waals surface area contributed by atoms with Crippen LogP contribution in [-0.4, -0.2) is 221 Å². The largest absolute Gasteiger partial charge is 0.509 e. The van der Waals surface area contributed by atoms with Gasteiger partial charge < -0.3 is 107 Å². The second kappa shape index (κ2) is 31.8. The van der Waals surface area contributed by atoms with Gasteiger partial charge in [-0.15, -0.1) is 0 Å². The molecule has 29 nitrogen and oxygen atoms in total. The Kier molecular flexibility index (Phi) is 28.5. The van der Waals surface area contributed by atoms with Gasteiger partial charge in [0, 0.05) is 6.42 Å². The lowest BCUT2D eigenvalue weighted by atomic mass is 9.87. The highest BCUT2D eigenvalue weighted by molar-refractivity contribution is 5.71. The minimum Gasteiger partial charge on any atom is -0.469 e. The van der Waals surface area contributed by atoms with Crippen LogP contribution in [0.2, 0.25) is 0 Å². The summed E-state index contributed by atoms with van der Waals surface area (Å²) in [6, 6.07) is 0. The van der Waals surface area contributed by atoms with Crippen molar-refractivity contribution in [3.63, 3.8) is 0 Å². The van der Waals surface area contributed by atoms with Crippen LogP contribution in [0.25, 0.3) is 0 Å². The summed E-state index contributed by atoms with van der Waals surface area (Å²) in [7, 11) is 2.44. The first-order chi connectivity index (χ1) is 34.0. The Morgan fingerprint density at radius 1 is 0.712 bits per heavy atom. The average molecular weight is 1060 g/mol. The molecule has 7 aliphatic rings. The minimum atomic E-state index is -1.11. The molecule has 422 valence electrons. The van der Waals surface area contributed by atoms with Crippen molar-refractivity contribution in [3.8, 4) is 0 Å². The number of rotatable bonds is 12. The van der Waals surface area contributed by atoms with E-state index in [2.05, 4.69) is 54.5 Å². The zero-order valence-electron chi connectivity index (χ0n) is 41.1. The topological polar surface area (TPSA) is 391 Å². The van der Waals surface area contributed by atoms with Crippen LogP contribution >= 0.6 is 0 Å². The summed E-state index contributed by atoms with van der Waals surface area (Å²) in [6.07, 6.45) is -4.16. The lowest BCUT2D eigenvalue weighted by Crippen LogP contribution is -2.60. The molecule has 1 amide bonds. The molecule has 0 bridgehead atoms. The molecule has 0 saturated carbocycles. The van der Waals surface area contributed by atoms with Crippen molar-refractivity contribution >= 4 is 42.7 Å². The smallest absolute Gasteiger partial charge is 0.469 e. The maximum Gasteiger partial charge on any atom is 0.509 e. The molecule has 7 N–H and O–H groups in total. The normalized spacial score (nSPS) is 25.6. The molecule has 0 aromatic heterocycles. The molecule has 0 radical (unpaired) electrons. The van der Waals surface area contributed by atoms with Crippen molar-refractivity contribution in [3.05, 3.63) is 12.5 Å². The SMILES string of the molecule is C.C=C1OCC(CC)(CO)CO1.CC1(C)OCC(C2OC(=O)OC2CO)O1.CCC(O)C1COC(=O)O1.COC(=O)CC1(CO)COC(=O)OC1.COC(=O)NC1(CO)COC(=O)OC1.O=C1CCC(CO)O1. The lowest BCUT2D eigenvalue weighted by Gasteiger charge is -2.34. The molecule has 0 spiro atoms. The molecule has 7 aliphatic heterocycles. The van der Waals surface area contributed by atoms with Gasteiger partial charge in [-0.3, -0.25) is 9.59 Å². The molecule has 7 saturated heterocycles. The van der Waals surface area contributed by atoms with E-state index in [4.69, 9.17) is 59.1 Å². The Hall–Kier alpha value is -5.69. The van der Waals surface area contributed by atoms with E-state index in [1.165, 1.54) is 14.2 Å². The Labute approximate surface area is 421 Å². The quantitative estimate of drug-likeness (QED) is 0.103. The van der Waals surface area contributed by atoms with Gasteiger partial charge in [-0.05, 0) is 39.7 Å². The molecule has 7 heterocycles. The first-order valence-corrected chi connectivity index (χ1v) is 22.4. The number of hydrogen-bond donors (Lipinski definition) is 7. The highest BCUT2D eigenvalue weighted by atomic mass is 16.8. The molecule has 6 atom stereocenters. The molecule has 7 rings (SSSR count). The van der Waals surface area contributed by atoms with Crippen LogP contribution in [0.4, 0.5) is 24.0 Å². The fourth-order valence-corrected chi connectivity index (χ4v) is 6.29. The molecular formula is C44H73NO28. The molecule has 6 unspecified atom stereocenters. The van der Waals surface area contributed by atoms with E-state index < -0.39 is 84.4 Å². The molecular weight excluding hydrogens is 990 g/mol. The summed E-state index contributed by atoms with van der Waals surface area (Å²) in [4.78, 5) is 74.5. The number of alkyl carbamates (subject to hydrolysis) is 1. The van der Waals surface area contributed by atoms with E-state index in [9.17, 15) is 33.6 Å². The Morgan fingerprint density at radius 3 is 1.68 bits per heavy atom. The highest BCUT2D eigenvalue weighted by Gasteiger charge is 2.48. The summed E-state index contributed by atoms with van der Waals surface area (Å²) in [5, 5.41) is 56.0. The molecule has 0 aromatic rings. The van der Waals surface area contributed by atoms with Crippen molar-refractivity contribution in [2.75, 3.05) is 100 Å². The van der Waals surface area contributed by atoms with Crippen LogP contribution < -0.4 is 5.32 Å². The lowest BCUT2D eigenvalue weighted by molar-refractivity contribution is -0.152. The Morgan fingerprint density at radius 2 is 1.29 bits per heavy atom. The van der Waals surface area contributed by atoms with E-state index in [0.717, 1.165) is 6.42 Å². The molecule has 0 aliphatic carbocycles. The summed E-state index contributed by atoms with van der Waals surface area (Å²) < 4.78 is 71.5. The third-order valence-electron chi connectivity index (χ3n) is 11.1.